The molecule has 104 valence electrons. The van der Waals surface area contributed by atoms with Crippen LogP contribution in [0.15, 0.2) is 17.5 Å². The first-order valence-electron chi connectivity index (χ1n) is 5.84. The summed E-state index contributed by atoms with van der Waals surface area (Å²) in [6.45, 7) is 1.15. The van der Waals surface area contributed by atoms with Crippen LogP contribution in [0.2, 0.25) is 0 Å². The maximum atomic E-state index is 12.1. The molecule has 0 spiro atoms. The van der Waals surface area contributed by atoms with Crippen LogP contribution in [0.3, 0.4) is 0 Å². The predicted molar refractivity (Wildman–Crippen MR) is 77.8 cm³/mol. The number of thiophene rings is 1. The molecule has 7 heteroatoms. The molecule has 1 aromatic rings. The van der Waals surface area contributed by atoms with E-state index in [1.165, 1.54) is 0 Å². The SMILES string of the molecule is Cl.NC1CCN(S(=O)(=O)CCc2cccs2)CC1. The molecule has 0 aliphatic carbocycles. The number of aryl methyl sites for hydroxylation is 1. The van der Waals surface area contributed by atoms with Crippen molar-refractivity contribution < 1.29 is 8.42 Å². The summed E-state index contributed by atoms with van der Waals surface area (Å²) >= 11 is 1.61. The number of halogens is 1. The highest BCUT2D eigenvalue weighted by atomic mass is 35.5. The number of nitrogens with two attached hydrogens (primary N) is 1. The van der Waals surface area contributed by atoms with Crippen molar-refractivity contribution in [3.63, 3.8) is 0 Å². The van der Waals surface area contributed by atoms with E-state index in [0.29, 0.717) is 19.5 Å². The molecule has 1 aliphatic rings. The molecule has 1 fully saturated rings. The Kier molecular flexibility index (Phi) is 6.07. The van der Waals surface area contributed by atoms with E-state index in [-0.39, 0.29) is 24.2 Å². The molecule has 2 heterocycles. The van der Waals surface area contributed by atoms with E-state index in [2.05, 4.69) is 0 Å². The predicted octanol–water partition coefficient (Wildman–Crippen LogP) is 1.47. The summed E-state index contributed by atoms with van der Waals surface area (Å²) in [5.74, 6) is 0.211. The summed E-state index contributed by atoms with van der Waals surface area (Å²) in [4.78, 5) is 1.13. The Morgan fingerprint density at radius 2 is 2.06 bits per heavy atom. The Balaban J connectivity index is 0.00000162. The van der Waals surface area contributed by atoms with E-state index < -0.39 is 10.0 Å². The second-order valence-electron chi connectivity index (χ2n) is 4.38. The lowest BCUT2D eigenvalue weighted by Gasteiger charge is -2.29. The van der Waals surface area contributed by atoms with Crippen molar-refractivity contribution in [2.24, 2.45) is 5.73 Å². The fourth-order valence-electron chi connectivity index (χ4n) is 1.97. The first kappa shape index (κ1) is 15.9. The third-order valence-electron chi connectivity index (χ3n) is 3.08. The van der Waals surface area contributed by atoms with Crippen LogP contribution in [-0.4, -0.2) is 37.6 Å². The topological polar surface area (TPSA) is 63.4 Å². The van der Waals surface area contributed by atoms with Crippen molar-refractivity contribution in [2.45, 2.75) is 25.3 Å². The van der Waals surface area contributed by atoms with Crippen LogP contribution in [0.1, 0.15) is 17.7 Å². The Bertz CT molecular complexity index is 440. The summed E-state index contributed by atoms with van der Waals surface area (Å²) in [5, 5.41) is 1.97. The molecule has 0 atom stereocenters. The standard InChI is InChI=1S/C11H18N2O2S2.ClH/c12-10-3-6-13(7-4-10)17(14,15)9-5-11-2-1-8-16-11;/h1-2,8,10H,3-7,9,12H2;1H. The maximum Gasteiger partial charge on any atom is 0.214 e. The minimum Gasteiger partial charge on any atom is -0.328 e. The second-order valence-corrected chi connectivity index (χ2v) is 7.50. The molecule has 18 heavy (non-hydrogen) atoms. The molecule has 4 nitrogen and oxygen atoms in total. The smallest absolute Gasteiger partial charge is 0.214 e. The Morgan fingerprint density at radius 1 is 1.39 bits per heavy atom. The number of hydrogen-bond donors (Lipinski definition) is 1. The first-order chi connectivity index (χ1) is 8.08. The average Bonchev–Trinajstić information content (AvgIpc) is 2.80. The Labute approximate surface area is 119 Å². The summed E-state index contributed by atoms with van der Waals surface area (Å²) in [5.41, 5.74) is 5.77. The molecule has 1 aliphatic heterocycles. The highest BCUT2D eigenvalue weighted by Crippen LogP contribution is 2.16. The average molecular weight is 311 g/mol. The highest BCUT2D eigenvalue weighted by Gasteiger charge is 2.26. The lowest BCUT2D eigenvalue weighted by molar-refractivity contribution is 0.320. The molecule has 0 aromatic carbocycles. The molecule has 0 radical (unpaired) electrons. The van der Waals surface area contributed by atoms with E-state index in [1.54, 1.807) is 15.6 Å². The quantitative estimate of drug-likeness (QED) is 0.916. The number of sulfonamides is 1. The van der Waals surface area contributed by atoms with Gasteiger partial charge in [-0.1, -0.05) is 6.07 Å². The molecule has 2 N–H and O–H groups in total. The third-order valence-corrected chi connectivity index (χ3v) is 5.89. The molecular formula is C11H19ClN2O2S2. The second kappa shape index (κ2) is 6.86. The van der Waals surface area contributed by atoms with Gasteiger partial charge < -0.3 is 5.73 Å². The fraction of sp³-hybridized carbons (Fsp3) is 0.636. The van der Waals surface area contributed by atoms with E-state index in [0.717, 1.165) is 17.7 Å². The lowest BCUT2D eigenvalue weighted by atomic mass is 10.1. The van der Waals surface area contributed by atoms with Crippen molar-refractivity contribution >= 4 is 33.8 Å². The largest absolute Gasteiger partial charge is 0.328 e. The fourth-order valence-corrected chi connectivity index (χ4v) is 4.31. The highest BCUT2D eigenvalue weighted by molar-refractivity contribution is 7.89. The van der Waals surface area contributed by atoms with Crippen LogP contribution in [-0.2, 0) is 16.4 Å². The van der Waals surface area contributed by atoms with Crippen LogP contribution in [0.5, 0.6) is 0 Å². The van der Waals surface area contributed by atoms with Crippen molar-refractivity contribution in [1.82, 2.24) is 4.31 Å². The van der Waals surface area contributed by atoms with Crippen molar-refractivity contribution in [3.8, 4) is 0 Å². The minimum absolute atomic E-state index is 0. The molecule has 1 saturated heterocycles. The lowest BCUT2D eigenvalue weighted by Crippen LogP contribution is -2.43. The van der Waals surface area contributed by atoms with Gasteiger partial charge in [0.1, 0.15) is 0 Å². The first-order valence-corrected chi connectivity index (χ1v) is 8.32. The van der Waals surface area contributed by atoms with Crippen LogP contribution in [0, 0.1) is 0 Å². The Morgan fingerprint density at radius 3 is 2.61 bits per heavy atom. The molecule has 0 saturated carbocycles. The molecule has 0 amide bonds. The van der Waals surface area contributed by atoms with Crippen LogP contribution in [0.25, 0.3) is 0 Å². The molecule has 0 bridgehead atoms. The molecule has 0 unspecified atom stereocenters. The third kappa shape index (κ3) is 4.20. The van der Waals surface area contributed by atoms with Crippen LogP contribution < -0.4 is 5.73 Å². The van der Waals surface area contributed by atoms with Gasteiger partial charge in [0, 0.05) is 24.0 Å². The zero-order valence-electron chi connectivity index (χ0n) is 10.1. The van der Waals surface area contributed by atoms with Crippen molar-refractivity contribution in [2.75, 3.05) is 18.8 Å². The van der Waals surface area contributed by atoms with Gasteiger partial charge in [-0.3, -0.25) is 0 Å². The van der Waals surface area contributed by atoms with E-state index >= 15 is 0 Å². The van der Waals surface area contributed by atoms with Crippen LogP contribution >= 0.6 is 23.7 Å². The maximum absolute atomic E-state index is 12.1. The van der Waals surface area contributed by atoms with Crippen molar-refractivity contribution in [1.29, 1.82) is 0 Å². The van der Waals surface area contributed by atoms with Gasteiger partial charge in [-0.25, -0.2) is 12.7 Å². The number of rotatable bonds is 4. The summed E-state index contributed by atoms with van der Waals surface area (Å²) < 4.78 is 25.7. The molecule has 2 rings (SSSR count). The monoisotopic (exact) mass is 310 g/mol. The van der Waals surface area contributed by atoms with E-state index in [1.807, 2.05) is 17.5 Å². The van der Waals surface area contributed by atoms with E-state index in [4.69, 9.17) is 5.73 Å². The summed E-state index contributed by atoms with van der Waals surface area (Å²) in [6.07, 6.45) is 2.17. The number of hydrogen-bond acceptors (Lipinski definition) is 4. The van der Waals surface area contributed by atoms with Gasteiger partial charge >= 0.3 is 0 Å². The summed E-state index contributed by atoms with van der Waals surface area (Å²) in [6, 6.07) is 4.09. The van der Waals surface area contributed by atoms with Gasteiger partial charge in [-0.05, 0) is 30.7 Å². The van der Waals surface area contributed by atoms with E-state index in [9.17, 15) is 8.42 Å². The number of piperidine rings is 1. The van der Waals surface area contributed by atoms with Gasteiger partial charge in [0.25, 0.3) is 0 Å². The van der Waals surface area contributed by atoms with Gasteiger partial charge in [0.2, 0.25) is 10.0 Å². The van der Waals surface area contributed by atoms with Crippen molar-refractivity contribution in [3.05, 3.63) is 22.4 Å². The normalized spacial score (nSPS) is 18.5. The molecule has 1 aromatic heterocycles. The Hall–Kier alpha value is -0.140. The van der Waals surface area contributed by atoms with Gasteiger partial charge in [0.15, 0.2) is 0 Å². The number of nitrogens with zero attached hydrogens (tertiary/aromatic N) is 1. The zero-order valence-corrected chi connectivity index (χ0v) is 12.6. The van der Waals surface area contributed by atoms with Gasteiger partial charge in [-0.2, -0.15) is 0 Å². The summed E-state index contributed by atoms with van der Waals surface area (Å²) in [7, 11) is -3.10. The van der Waals surface area contributed by atoms with Gasteiger partial charge in [-0.15, -0.1) is 23.7 Å². The van der Waals surface area contributed by atoms with Crippen LogP contribution in [0.4, 0.5) is 0 Å². The molecular weight excluding hydrogens is 292 g/mol. The van der Waals surface area contributed by atoms with Gasteiger partial charge in [0.05, 0.1) is 5.75 Å². The zero-order chi connectivity index (χ0) is 12.3. The minimum atomic E-state index is -3.10.